The highest BCUT2D eigenvalue weighted by atomic mass is 79.9. The van der Waals surface area contributed by atoms with E-state index in [1.54, 1.807) is 0 Å². The molecule has 2 N–H and O–H groups in total. The summed E-state index contributed by atoms with van der Waals surface area (Å²) in [6.45, 7) is 0. The third-order valence-corrected chi connectivity index (χ3v) is 3.58. The molecule has 0 atom stereocenters. The smallest absolute Gasteiger partial charge is 0.337 e. The zero-order chi connectivity index (χ0) is 14.2. The molecule has 0 aliphatic carbocycles. The molecule has 1 heterocycles. The number of nitrogens with two attached hydrogens (primary N) is 1. The first-order chi connectivity index (χ1) is 8.93. The number of nitro groups is 1. The summed E-state index contributed by atoms with van der Waals surface area (Å²) in [5.74, 6) is -1.16. The predicted molar refractivity (Wildman–Crippen MR) is 71.2 cm³/mol. The van der Waals surface area contributed by atoms with Crippen LogP contribution in [-0.4, -0.2) is 14.9 Å². The van der Waals surface area contributed by atoms with Crippen LogP contribution in [0.15, 0.2) is 22.9 Å². The van der Waals surface area contributed by atoms with E-state index in [9.17, 15) is 14.5 Å². The van der Waals surface area contributed by atoms with Crippen LogP contribution < -0.4 is 5.73 Å². The molecule has 98 valence electrons. The topological polar surface area (TPSA) is 94.9 Å². The van der Waals surface area contributed by atoms with Gasteiger partial charge in [0.15, 0.2) is 11.5 Å². The average molecular weight is 348 g/mol. The molecule has 0 bridgehead atoms. The van der Waals surface area contributed by atoms with Gasteiger partial charge < -0.3 is 5.73 Å². The Hall–Kier alpha value is -1.80. The van der Waals surface area contributed by atoms with Gasteiger partial charge in [-0.15, -0.1) is 0 Å². The van der Waals surface area contributed by atoms with Crippen LogP contribution >= 0.6 is 27.5 Å². The van der Waals surface area contributed by atoms with E-state index < -0.39 is 16.4 Å². The molecule has 1 aromatic carbocycles. The number of hydrogen-bond donors (Lipinski definition) is 1. The highest BCUT2D eigenvalue weighted by Crippen LogP contribution is 2.37. The van der Waals surface area contributed by atoms with Crippen molar-refractivity contribution in [3.63, 3.8) is 0 Å². The fourth-order valence-corrected chi connectivity index (χ4v) is 1.95. The number of benzene rings is 1. The van der Waals surface area contributed by atoms with Gasteiger partial charge in [0.2, 0.25) is 5.82 Å². The first-order valence-electron chi connectivity index (χ1n) is 4.82. The minimum absolute atomic E-state index is 0.117. The molecule has 0 aliphatic heterocycles. The van der Waals surface area contributed by atoms with Crippen molar-refractivity contribution in [1.29, 1.82) is 0 Å². The lowest BCUT2D eigenvalue weighted by Gasteiger charge is -2.06. The van der Waals surface area contributed by atoms with Gasteiger partial charge >= 0.3 is 5.69 Å². The van der Waals surface area contributed by atoms with Crippen LogP contribution in [0.5, 0.6) is 0 Å². The van der Waals surface area contributed by atoms with Gasteiger partial charge in [0.25, 0.3) is 0 Å². The number of halogens is 3. The SMILES string of the molecule is Nc1ncnc(-c2ccc(Br)c(Cl)c2F)c1[N+](=O)[O-]. The van der Waals surface area contributed by atoms with Crippen molar-refractivity contribution in [3.8, 4) is 11.3 Å². The Bertz CT molecular complexity index is 683. The van der Waals surface area contributed by atoms with E-state index in [4.69, 9.17) is 17.3 Å². The second-order valence-corrected chi connectivity index (χ2v) is 4.67. The summed E-state index contributed by atoms with van der Waals surface area (Å²) in [4.78, 5) is 17.4. The van der Waals surface area contributed by atoms with Crippen molar-refractivity contribution in [3.05, 3.63) is 43.9 Å². The van der Waals surface area contributed by atoms with E-state index in [2.05, 4.69) is 25.9 Å². The second-order valence-electron chi connectivity index (χ2n) is 3.44. The number of anilines is 1. The third-order valence-electron chi connectivity index (χ3n) is 2.32. The summed E-state index contributed by atoms with van der Waals surface area (Å²) in [7, 11) is 0. The molecule has 2 aromatic rings. The van der Waals surface area contributed by atoms with Crippen molar-refractivity contribution < 1.29 is 9.31 Å². The van der Waals surface area contributed by atoms with Crippen LogP contribution in [-0.2, 0) is 0 Å². The maximum atomic E-state index is 14.0. The summed E-state index contributed by atoms with van der Waals surface area (Å²) < 4.78 is 14.4. The molecule has 0 radical (unpaired) electrons. The van der Waals surface area contributed by atoms with Gasteiger partial charge in [0.1, 0.15) is 6.33 Å². The quantitative estimate of drug-likeness (QED) is 0.511. The van der Waals surface area contributed by atoms with Crippen LogP contribution in [0, 0.1) is 15.9 Å². The molecular weight excluding hydrogens is 342 g/mol. The molecular formula is C10H5BrClFN4O2. The molecule has 6 nitrogen and oxygen atoms in total. The Balaban J connectivity index is 2.77. The first kappa shape index (κ1) is 13.6. The Labute approximate surface area is 119 Å². The number of rotatable bonds is 2. The highest BCUT2D eigenvalue weighted by molar-refractivity contribution is 9.10. The number of nitrogen functional groups attached to an aromatic ring is 1. The Morgan fingerprint density at radius 3 is 2.74 bits per heavy atom. The summed E-state index contributed by atoms with van der Waals surface area (Å²) in [5, 5.41) is 10.8. The predicted octanol–water partition coefficient (Wildman–Crippen LogP) is 3.19. The molecule has 0 amide bonds. The molecule has 0 aliphatic rings. The minimum atomic E-state index is -0.822. The average Bonchev–Trinajstić information content (AvgIpc) is 2.35. The maximum absolute atomic E-state index is 14.0. The fraction of sp³-hybridized carbons (Fsp3) is 0. The van der Waals surface area contributed by atoms with Crippen LogP contribution in [0.4, 0.5) is 15.9 Å². The first-order valence-corrected chi connectivity index (χ1v) is 5.99. The van der Waals surface area contributed by atoms with Crippen LogP contribution in [0.25, 0.3) is 11.3 Å². The van der Waals surface area contributed by atoms with Crippen molar-refractivity contribution in [2.24, 2.45) is 0 Å². The van der Waals surface area contributed by atoms with Crippen LogP contribution in [0.2, 0.25) is 5.02 Å². The van der Waals surface area contributed by atoms with Crippen molar-refractivity contribution in [2.75, 3.05) is 5.73 Å². The van der Waals surface area contributed by atoms with Gasteiger partial charge in [-0.2, -0.15) is 0 Å². The summed E-state index contributed by atoms with van der Waals surface area (Å²) >= 11 is 8.79. The van der Waals surface area contributed by atoms with Crippen molar-refractivity contribution in [2.45, 2.75) is 0 Å². The van der Waals surface area contributed by atoms with Gasteiger partial charge in [-0.25, -0.2) is 14.4 Å². The van der Waals surface area contributed by atoms with E-state index in [1.807, 2.05) is 0 Å². The molecule has 0 unspecified atom stereocenters. The molecule has 9 heteroatoms. The Morgan fingerprint density at radius 2 is 2.11 bits per heavy atom. The summed E-state index contributed by atoms with van der Waals surface area (Å²) in [6.07, 6.45) is 1.02. The third kappa shape index (κ3) is 2.36. The number of nitrogens with zero attached hydrogens (tertiary/aromatic N) is 3. The van der Waals surface area contributed by atoms with E-state index >= 15 is 0 Å². The molecule has 2 rings (SSSR count). The monoisotopic (exact) mass is 346 g/mol. The van der Waals surface area contributed by atoms with Crippen LogP contribution in [0.3, 0.4) is 0 Å². The van der Waals surface area contributed by atoms with Crippen molar-refractivity contribution >= 4 is 39.0 Å². The van der Waals surface area contributed by atoms with E-state index in [0.717, 1.165) is 6.33 Å². The molecule has 19 heavy (non-hydrogen) atoms. The molecule has 0 saturated carbocycles. The van der Waals surface area contributed by atoms with Gasteiger partial charge in [-0.3, -0.25) is 10.1 Å². The number of aromatic nitrogens is 2. The van der Waals surface area contributed by atoms with E-state index in [-0.39, 0.29) is 22.1 Å². The lowest BCUT2D eigenvalue weighted by Crippen LogP contribution is -2.03. The lowest BCUT2D eigenvalue weighted by atomic mass is 10.1. The zero-order valence-electron chi connectivity index (χ0n) is 9.10. The van der Waals surface area contributed by atoms with Crippen molar-refractivity contribution in [1.82, 2.24) is 9.97 Å². The summed E-state index contributed by atoms with van der Waals surface area (Å²) in [6, 6.07) is 2.78. The fourth-order valence-electron chi connectivity index (χ4n) is 1.48. The molecule has 0 spiro atoms. The summed E-state index contributed by atoms with van der Waals surface area (Å²) in [5.41, 5.74) is 4.53. The largest absolute Gasteiger partial charge is 0.378 e. The Morgan fingerprint density at radius 1 is 1.42 bits per heavy atom. The highest BCUT2D eigenvalue weighted by Gasteiger charge is 2.25. The minimum Gasteiger partial charge on any atom is -0.378 e. The maximum Gasteiger partial charge on any atom is 0.337 e. The lowest BCUT2D eigenvalue weighted by molar-refractivity contribution is -0.383. The second kappa shape index (κ2) is 5.06. The van der Waals surface area contributed by atoms with Gasteiger partial charge in [0, 0.05) is 10.0 Å². The van der Waals surface area contributed by atoms with E-state index in [0.29, 0.717) is 4.47 Å². The van der Waals surface area contributed by atoms with Gasteiger partial charge in [-0.05, 0) is 28.1 Å². The molecule has 0 fully saturated rings. The number of hydrogen-bond acceptors (Lipinski definition) is 5. The molecule has 0 saturated heterocycles. The van der Waals surface area contributed by atoms with E-state index in [1.165, 1.54) is 12.1 Å². The Kier molecular flexibility index (Phi) is 3.63. The van der Waals surface area contributed by atoms with Gasteiger partial charge in [-0.1, -0.05) is 11.6 Å². The standard InChI is InChI=1S/C10H5BrClFN4O2/c11-5-2-1-4(7(13)6(5)12)8-9(17(18)19)10(14)16-3-15-8/h1-3H,(H2,14,15,16). The molecule has 1 aromatic heterocycles. The zero-order valence-corrected chi connectivity index (χ0v) is 11.4. The van der Waals surface area contributed by atoms with Gasteiger partial charge in [0.05, 0.1) is 9.95 Å². The normalized spacial score (nSPS) is 10.5. The van der Waals surface area contributed by atoms with Crippen LogP contribution in [0.1, 0.15) is 0 Å².